The molecule has 0 aliphatic rings. The van der Waals surface area contributed by atoms with E-state index in [1.54, 1.807) is 24.3 Å². The number of aryl methyl sites for hydroxylation is 2. The zero-order valence-corrected chi connectivity index (χ0v) is 10.1. The third-order valence-electron chi connectivity index (χ3n) is 2.32. The Balaban J connectivity index is 1.96. The second-order valence-corrected chi connectivity index (χ2v) is 4.96. The van der Waals surface area contributed by atoms with E-state index in [4.69, 9.17) is 4.42 Å². The number of hydrogen-bond donors (Lipinski definition) is 1. The number of carbonyl (C=O) groups excluding carboxylic acids is 1. The van der Waals surface area contributed by atoms with Crippen LogP contribution in [0.3, 0.4) is 0 Å². The number of thiophene rings is 1. The van der Waals surface area contributed by atoms with Gasteiger partial charge in [-0.25, -0.2) is 0 Å². The van der Waals surface area contributed by atoms with Crippen LogP contribution in [-0.4, -0.2) is 5.91 Å². The Bertz CT molecular complexity index is 499. The first-order valence-corrected chi connectivity index (χ1v) is 5.86. The Morgan fingerprint density at radius 1 is 1.38 bits per heavy atom. The van der Waals surface area contributed by atoms with Gasteiger partial charge in [0.05, 0.1) is 18.4 Å². The summed E-state index contributed by atoms with van der Waals surface area (Å²) in [4.78, 5) is 14.2. The van der Waals surface area contributed by atoms with Gasteiger partial charge in [-0.1, -0.05) is 0 Å². The van der Waals surface area contributed by atoms with E-state index >= 15 is 0 Å². The zero-order chi connectivity index (χ0) is 11.5. The number of nitrogens with one attached hydrogen (secondary N) is 1. The molecule has 2 aromatic rings. The fraction of sp³-hybridized carbons (Fsp3) is 0.250. The van der Waals surface area contributed by atoms with Crippen molar-refractivity contribution in [3.8, 4) is 0 Å². The monoisotopic (exact) mass is 235 g/mol. The molecule has 0 fully saturated rings. The Hall–Kier alpha value is -1.55. The number of carbonyl (C=O) groups is 1. The minimum atomic E-state index is -0.0858. The van der Waals surface area contributed by atoms with Gasteiger partial charge in [0.1, 0.15) is 5.76 Å². The highest BCUT2D eigenvalue weighted by atomic mass is 32.1. The lowest BCUT2D eigenvalue weighted by Gasteiger charge is -2.01. The van der Waals surface area contributed by atoms with Crippen molar-refractivity contribution >= 4 is 17.2 Å². The Morgan fingerprint density at radius 2 is 2.19 bits per heavy atom. The lowest BCUT2D eigenvalue weighted by atomic mass is 10.2. The van der Waals surface area contributed by atoms with Crippen LogP contribution < -0.4 is 5.32 Å². The molecule has 2 aromatic heterocycles. The van der Waals surface area contributed by atoms with Crippen molar-refractivity contribution in [1.82, 2.24) is 5.32 Å². The van der Waals surface area contributed by atoms with Gasteiger partial charge >= 0.3 is 0 Å². The van der Waals surface area contributed by atoms with Gasteiger partial charge in [-0.05, 0) is 32.0 Å². The van der Waals surface area contributed by atoms with E-state index in [-0.39, 0.29) is 5.91 Å². The van der Waals surface area contributed by atoms with Gasteiger partial charge in [0.25, 0.3) is 5.91 Å². The van der Waals surface area contributed by atoms with Crippen molar-refractivity contribution in [3.05, 3.63) is 45.5 Å². The topological polar surface area (TPSA) is 42.2 Å². The summed E-state index contributed by atoms with van der Waals surface area (Å²) in [5.74, 6) is 0.567. The molecule has 0 spiro atoms. The molecule has 0 radical (unpaired) electrons. The normalized spacial score (nSPS) is 10.4. The number of amides is 1. The predicted molar refractivity (Wildman–Crippen MR) is 63.7 cm³/mol. The number of rotatable bonds is 3. The van der Waals surface area contributed by atoms with Crippen LogP contribution in [0.1, 0.15) is 25.9 Å². The summed E-state index contributed by atoms with van der Waals surface area (Å²) in [6.45, 7) is 4.41. The predicted octanol–water partition coefficient (Wildman–Crippen LogP) is 2.89. The minimum absolute atomic E-state index is 0.0858. The van der Waals surface area contributed by atoms with Gasteiger partial charge in [-0.2, -0.15) is 0 Å². The Morgan fingerprint density at radius 3 is 2.75 bits per heavy atom. The van der Waals surface area contributed by atoms with Crippen LogP contribution in [0.25, 0.3) is 0 Å². The minimum Gasteiger partial charge on any atom is -0.469 e. The molecule has 2 rings (SSSR count). The zero-order valence-electron chi connectivity index (χ0n) is 9.24. The lowest BCUT2D eigenvalue weighted by molar-refractivity contribution is 0.0950. The molecule has 3 nitrogen and oxygen atoms in total. The summed E-state index contributed by atoms with van der Waals surface area (Å²) in [6.07, 6.45) is 1.53. The summed E-state index contributed by atoms with van der Waals surface area (Å²) in [5, 5.41) is 2.87. The molecule has 0 atom stereocenters. The summed E-state index contributed by atoms with van der Waals surface area (Å²) < 4.78 is 5.08. The number of furan rings is 1. The highest BCUT2D eigenvalue weighted by Gasteiger charge is 2.10. The average Bonchev–Trinajstić information content (AvgIpc) is 2.84. The fourth-order valence-corrected chi connectivity index (χ4v) is 2.29. The van der Waals surface area contributed by atoms with Gasteiger partial charge in [-0.3, -0.25) is 4.79 Å². The van der Waals surface area contributed by atoms with Crippen LogP contribution in [0.15, 0.2) is 28.9 Å². The second kappa shape index (κ2) is 4.53. The Kier molecular flexibility index (Phi) is 3.10. The maximum atomic E-state index is 11.7. The molecule has 1 amide bonds. The van der Waals surface area contributed by atoms with Crippen LogP contribution in [0.4, 0.5) is 0 Å². The van der Waals surface area contributed by atoms with E-state index in [2.05, 4.69) is 18.3 Å². The van der Waals surface area contributed by atoms with E-state index < -0.39 is 0 Å². The molecule has 0 saturated heterocycles. The Labute approximate surface area is 98.1 Å². The molecule has 1 N–H and O–H groups in total. The third-order valence-corrected chi connectivity index (χ3v) is 3.32. The van der Waals surface area contributed by atoms with Crippen molar-refractivity contribution in [2.24, 2.45) is 0 Å². The molecule has 0 aliphatic heterocycles. The molecule has 0 unspecified atom stereocenters. The molecule has 2 heterocycles. The highest BCUT2D eigenvalue weighted by molar-refractivity contribution is 7.11. The molecular weight excluding hydrogens is 222 g/mol. The summed E-state index contributed by atoms with van der Waals surface area (Å²) in [6, 6.07) is 5.77. The standard InChI is InChI=1S/C12H13NO2S/c1-8-3-4-10(16-8)7-13-12(14)11-5-6-15-9(11)2/h3-6H,7H2,1-2H3,(H,13,14). The van der Waals surface area contributed by atoms with Crippen LogP contribution in [-0.2, 0) is 6.54 Å². The van der Waals surface area contributed by atoms with Gasteiger partial charge in [0, 0.05) is 9.75 Å². The molecule has 0 saturated carbocycles. The molecule has 0 bridgehead atoms. The molecular formula is C12H13NO2S. The van der Waals surface area contributed by atoms with Gasteiger partial charge in [-0.15, -0.1) is 11.3 Å². The van der Waals surface area contributed by atoms with Crippen LogP contribution >= 0.6 is 11.3 Å². The summed E-state index contributed by atoms with van der Waals surface area (Å²) in [7, 11) is 0. The quantitative estimate of drug-likeness (QED) is 0.888. The molecule has 0 aliphatic carbocycles. The van der Waals surface area contributed by atoms with Crippen LogP contribution in [0.2, 0.25) is 0 Å². The first kappa shape index (κ1) is 11.0. The van der Waals surface area contributed by atoms with Crippen molar-refractivity contribution in [1.29, 1.82) is 0 Å². The molecule has 4 heteroatoms. The van der Waals surface area contributed by atoms with Crippen LogP contribution in [0.5, 0.6) is 0 Å². The van der Waals surface area contributed by atoms with Gasteiger partial charge < -0.3 is 9.73 Å². The fourth-order valence-electron chi connectivity index (χ4n) is 1.46. The van der Waals surface area contributed by atoms with E-state index in [0.29, 0.717) is 17.9 Å². The second-order valence-electron chi connectivity index (χ2n) is 3.59. The summed E-state index contributed by atoms with van der Waals surface area (Å²) >= 11 is 1.69. The van der Waals surface area contributed by atoms with E-state index in [9.17, 15) is 4.79 Å². The smallest absolute Gasteiger partial charge is 0.255 e. The van der Waals surface area contributed by atoms with Gasteiger partial charge in [0.15, 0.2) is 0 Å². The molecule has 84 valence electrons. The van der Waals surface area contributed by atoms with E-state index in [0.717, 1.165) is 4.88 Å². The molecule has 0 aromatic carbocycles. The van der Waals surface area contributed by atoms with E-state index in [1.807, 2.05) is 6.07 Å². The average molecular weight is 235 g/mol. The summed E-state index contributed by atoms with van der Waals surface area (Å²) in [5.41, 5.74) is 0.605. The van der Waals surface area contributed by atoms with Crippen LogP contribution in [0, 0.1) is 13.8 Å². The first-order chi connectivity index (χ1) is 7.66. The first-order valence-electron chi connectivity index (χ1n) is 5.04. The third kappa shape index (κ3) is 2.33. The maximum Gasteiger partial charge on any atom is 0.255 e. The molecule has 16 heavy (non-hydrogen) atoms. The van der Waals surface area contributed by atoms with E-state index in [1.165, 1.54) is 11.1 Å². The number of hydrogen-bond acceptors (Lipinski definition) is 3. The lowest BCUT2D eigenvalue weighted by Crippen LogP contribution is -2.22. The van der Waals surface area contributed by atoms with Crippen molar-refractivity contribution < 1.29 is 9.21 Å². The van der Waals surface area contributed by atoms with Crippen molar-refractivity contribution in [3.63, 3.8) is 0 Å². The SMILES string of the molecule is Cc1ccc(CNC(=O)c2ccoc2C)s1. The highest BCUT2D eigenvalue weighted by Crippen LogP contribution is 2.15. The maximum absolute atomic E-state index is 11.7. The largest absolute Gasteiger partial charge is 0.469 e. The van der Waals surface area contributed by atoms with Crippen molar-refractivity contribution in [2.75, 3.05) is 0 Å². The van der Waals surface area contributed by atoms with Gasteiger partial charge in [0.2, 0.25) is 0 Å². The van der Waals surface area contributed by atoms with Crippen molar-refractivity contribution in [2.45, 2.75) is 20.4 Å².